The van der Waals surface area contributed by atoms with Gasteiger partial charge < -0.3 is 0 Å². The van der Waals surface area contributed by atoms with Gasteiger partial charge in [0.05, 0.1) is 10.6 Å². The van der Waals surface area contributed by atoms with Crippen LogP contribution in [0.4, 0.5) is 5.13 Å². The van der Waals surface area contributed by atoms with Crippen molar-refractivity contribution in [2.45, 2.75) is 16.0 Å². The van der Waals surface area contributed by atoms with Gasteiger partial charge in [0.25, 0.3) is 10.0 Å². The molecule has 0 aliphatic heterocycles. The highest BCUT2D eigenvalue weighted by molar-refractivity contribution is 8.05. The van der Waals surface area contributed by atoms with E-state index in [1.54, 1.807) is 36.4 Å². The number of aryl methyl sites for hydroxylation is 1. The molecule has 9 heteroatoms. The first-order chi connectivity index (χ1) is 12.4. The molecule has 0 saturated heterocycles. The van der Waals surface area contributed by atoms with Crippen LogP contribution < -0.4 is 4.72 Å². The third-order valence-corrected chi connectivity index (χ3v) is 6.88. The van der Waals surface area contributed by atoms with Crippen molar-refractivity contribution >= 4 is 49.9 Å². The molecule has 1 aromatic heterocycles. The van der Waals surface area contributed by atoms with Crippen LogP contribution in [0.15, 0.2) is 57.6 Å². The summed E-state index contributed by atoms with van der Waals surface area (Å²) < 4.78 is 28.2. The van der Waals surface area contributed by atoms with Crippen LogP contribution in [-0.2, 0) is 10.0 Å². The zero-order chi connectivity index (χ0) is 18.7. The van der Waals surface area contributed by atoms with Gasteiger partial charge in [-0.25, -0.2) is 13.4 Å². The second-order valence-corrected chi connectivity index (χ2v) is 9.45. The molecule has 1 N–H and O–H groups in total. The summed E-state index contributed by atoms with van der Waals surface area (Å²) >= 11 is 7.96. The summed E-state index contributed by atoms with van der Waals surface area (Å²) in [6, 6.07) is 13.5. The fourth-order valence-electron chi connectivity index (χ4n) is 2.14. The highest BCUT2D eigenvalue weighted by Gasteiger charge is 2.19. The third-order valence-electron chi connectivity index (χ3n) is 3.41. The second kappa shape index (κ2) is 7.68. The number of nitriles is 1. The van der Waals surface area contributed by atoms with E-state index in [4.69, 9.17) is 16.9 Å². The van der Waals surface area contributed by atoms with Gasteiger partial charge in [0.2, 0.25) is 0 Å². The summed E-state index contributed by atoms with van der Waals surface area (Å²) in [6.45, 7) is 1.88. The second-order valence-electron chi connectivity index (χ2n) is 5.27. The standard InChI is InChI=1S/C17H12ClN3O2S3/c1-11-2-8-14(9-3-11)26(22,23)21-17-20-15(16(25-17)24-10-19)12-4-6-13(18)7-5-12/h2-9H,1H3,(H,20,21). The average Bonchev–Trinajstić information content (AvgIpc) is 2.98. The fourth-order valence-corrected chi connectivity index (χ4v) is 5.08. The SMILES string of the molecule is Cc1ccc(S(=O)(=O)Nc2nc(-c3ccc(Cl)cc3)c(SC#N)s2)cc1. The molecule has 0 radical (unpaired) electrons. The molecule has 3 rings (SSSR count). The monoisotopic (exact) mass is 421 g/mol. The van der Waals surface area contributed by atoms with Crippen molar-refractivity contribution in [3.63, 3.8) is 0 Å². The number of benzene rings is 2. The van der Waals surface area contributed by atoms with Crippen molar-refractivity contribution in [3.05, 3.63) is 59.1 Å². The molecular weight excluding hydrogens is 410 g/mol. The Morgan fingerprint density at radius 2 is 1.81 bits per heavy atom. The van der Waals surface area contributed by atoms with Crippen LogP contribution in [0.3, 0.4) is 0 Å². The Hall–Kier alpha value is -2.05. The first-order valence-electron chi connectivity index (χ1n) is 7.31. The molecule has 5 nitrogen and oxygen atoms in total. The van der Waals surface area contributed by atoms with E-state index >= 15 is 0 Å². The molecule has 2 aromatic carbocycles. The van der Waals surface area contributed by atoms with Gasteiger partial charge in [-0.3, -0.25) is 4.72 Å². The zero-order valence-corrected chi connectivity index (χ0v) is 16.6. The number of halogens is 1. The lowest BCUT2D eigenvalue weighted by Gasteiger charge is -2.05. The van der Waals surface area contributed by atoms with Crippen molar-refractivity contribution < 1.29 is 8.42 Å². The molecule has 0 bridgehead atoms. The van der Waals surface area contributed by atoms with Gasteiger partial charge in [0.15, 0.2) is 5.13 Å². The van der Waals surface area contributed by atoms with E-state index in [9.17, 15) is 8.42 Å². The summed E-state index contributed by atoms with van der Waals surface area (Å²) in [4.78, 5) is 4.52. The number of nitrogens with zero attached hydrogens (tertiary/aromatic N) is 2. The maximum Gasteiger partial charge on any atom is 0.263 e. The van der Waals surface area contributed by atoms with Crippen LogP contribution >= 0.6 is 34.7 Å². The molecule has 0 atom stereocenters. The van der Waals surface area contributed by atoms with Crippen LogP contribution in [0.5, 0.6) is 0 Å². The summed E-state index contributed by atoms with van der Waals surface area (Å²) in [5.41, 5.74) is 2.26. The molecule has 0 unspecified atom stereocenters. The lowest BCUT2D eigenvalue weighted by atomic mass is 10.2. The maximum atomic E-state index is 12.5. The maximum absolute atomic E-state index is 12.5. The number of thiocyanates is 1. The Balaban J connectivity index is 1.96. The molecule has 0 aliphatic rings. The zero-order valence-electron chi connectivity index (χ0n) is 13.4. The molecule has 0 saturated carbocycles. The molecule has 1 heterocycles. The van der Waals surface area contributed by atoms with E-state index in [1.165, 1.54) is 12.1 Å². The Kier molecular flexibility index (Phi) is 5.53. The quantitative estimate of drug-likeness (QED) is 0.455. The molecule has 26 heavy (non-hydrogen) atoms. The van der Waals surface area contributed by atoms with Gasteiger partial charge in [-0.05, 0) is 31.2 Å². The molecular formula is C17H12ClN3O2S3. The third kappa shape index (κ3) is 4.19. The van der Waals surface area contributed by atoms with Crippen molar-refractivity contribution in [1.29, 1.82) is 5.26 Å². The average molecular weight is 422 g/mol. The van der Waals surface area contributed by atoms with Gasteiger partial charge in [0.1, 0.15) is 9.61 Å². The highest BCUT2D eigenvalue weighted by Crippen LogP contribution is 2.39. The topological polar surface area (TPSA) is 82.8 Å². The predicted octanol–water partition coefficient (Wildman–Crippen LogP) is 5.15. The molecule has 0 amide bonds. The van der Waals surface area contributed by atoms with E-state index in [2.05, 4.69) is 9.71 Å². The minimum absolute atomic E-state index is 0.154. The lowest BCUT2D eigenvalue weighted by molar-refractivity contribution is 0.601. The van der Waals surface area contributed by atoms with Crippen molar-refractivity contribution in [3.8, 4) is 16.7 Å². The van der Waals surface area contributed by atoms with E-state index in [-0.39, 0.29) is 10.0 Å². The number of nitrogens with one attached hydrogen (secondary N) is 1. The molecule has 0 fully saturated rings. The summed E-state index contributed by atoms with van der Waals surface area (Å²) in [5, 5.41) is 11.8. The van der Waals surface area contributed by atoms with E-state index in [0.29, 0.717) is 14.9 Å². The Bertz CT molecular complexity index is 1070. The van der Waals surface area contributed by atoms with E-state index in [1.807, 2.05) is 12.3 Å². The van der Waals surface area contributed by atoms with Gasteiger partial charge in [-0.15, -0.1) is 0 Å². The van der Waals surface area contributed by atoms with Crippen molar-refractivity contribution in [2.24, 2.45) is 0 Å². The molecule has 0 spiro atoms. The van der Waals surface area contributed by atoms with Gasteiger partial charge in [-0.1, -0.05) is 52.8 Å². The number of thiazole rings is 1. The van der Waals surface area contributed by atoms with Crippen LogP contribution in [0.1, 0.15) is 5.56 Å². The number of thioether (sulfide) groups is 1. The van der Waals surface area contributed by atoms with Crippen molar-refractivity contribution in [1.82, 2.24) is 4.98 Å². The molecule has 0 aliphatic carbocycles. The normalized spacial score (nSPS) is 11.1. The largest absolute Gasteiger partial charge is 0.263 e. The number of anilines is 1. The van der Waals surface area contributed by atoms with Crippen LogP contribution in [-0.4, -0.2) is 13.4 Å². The number of sulfonamides is 1. The molecule has 3 aromatic rings. The van der Waals surface area contributed by atoms with Crippen LogP contribution in [0.2, 0.25) is 5.02 Å². The first kappa shape index (κ1) is 18.7. The van der Waals surface area contributed by atoms with E-state index < -0.39 is 10.0 Å². The van der Waals surface area contributed by atoms with E-state index in [0.717, 1.165) is 34.2 Å². The number of hydrogen-bond acceptors (Lipinski definition) is 6. The Labute approximate surface area is 164 Å². The van der Waals surface area contributed by atoms with Gasteiger partial charge >= 0.3 is 0 Å². The smallest absolute Gasteiger partial charge is 0.255 e. The highest BCUT2D eigenvalue weighted by atomic mass is 35.5. The predicted molar refractivity (Wildman–Crippen MR) is 106 cm³/mol. The lowest BCUT2D eigenvalue weighted by Crippen LogP contribution is -2.12. The van der Waals surface area contributed by atoms with Crippen LogP contribution in [0, 0.1) is 17.6 Å². The molecule has 132 valence electrons. The minimum atomic E-state index is -3.75. The summed E-state index contributed by atoms with van der Waals surface area (Å²) in [6.07, 6.45) is 0. The van der Waals surface area contributed by atoms with Gasteiger partial charge in [-0.2, -0.15) is 5.26 Å². The van der Waals surface area contributed by atoms with Gasteiger partial charge in [0, 0.05) is 22.3 Å². The summed E-state index contributed by atoms with van der Waals surface area (Å²) in [5.74, 6) is 0. The number of hydrogen-bond donors (Lipinski definition) is 1. The van der Waals surface area contributed by atoms with Crippen LogP contribution in [0.25, 0.3) is 11.3 Å². The Morgan fingerprint density at radius 3 is 2.42 bits per heavy atom. The Morgan fingerprint density at radius 1 is 1.15 bits per heavy atom. The number of aromatic nitrogens is 1. The summed E-state index contributed by atoms with van der Waals surface area (Å²) in [7, 11) is -3.75. The number of rotatable bonds is 5. The first-order valence-corrected chi connectivity index (χ1v) is 10.8. The van der Waals surface area contributed by atoms with Crippen molar-refractivity contribution in [2.75, 3.05) is 4.72 Å². The minimum Gasteiger partial charge on any atom is -0.255 e. The fraction of sp³-hybridized carbons (Fsp3) is 0.0588.